The van der Waals surface area contributed by atoms with Gasteiger partial charge in [-0.3, -0.25) is 20.0 Å². The largest absolute Gasteiger partial charge is 0.384 e. The SMILES string of the molecule is N=C(N)c1ccc(CNC(=O)CNC(=O)C(CCc2cccnc2)NS(=O)(=O)Cc2ccccc2)cc1. The Bertz CT molecular complexity index is 1300. The zero-order valence-corrected chi connectivity index (χ0v) is 21.0. The maximum atomic E-state index is 12.9. The number of amidine groups is 1. The summed E-state index contributed by atoms with van der Waals surface area (Å²) in [5.74, 6) is -1.34. The highest BCUT2D eigenvalue weighted by Gasteiger charge is 2.25. The highest BCUT2D eigenvalue weighted by atomic mass is 32.2. The Morgan fingerprint density at radius 2 is 1.62 bits per heavy atom. The van der Waals surface area contributed by atoms with Crippen LogP contribution in [-0.4, -0.2) is 43.6 Å². The second kappa shape index (κ2) is 13.3. The second-order valence-corrected chi connectivity index (χ2v) is 10.2. The molecule has 6 N–H and O–H groups in total. The van der Waals surface area contributed by atoms with Crippen LogP contribution in [0, 0.1) is 5.41 Å². The molecule has 3 rings (SSSR count). The molecule has 1 unspecified atom stereocenters. The van der Waals surface area contributed by atoms with Crippen molar-refractivity contribution in [3.63, 3.8) is 0 Å². The average Bonchev–Trinajstić information content (AvgIpc) is 2.89. The van der Waals surface area contributed by atoms with Gasteiger partial charge in [0.1, 0.15) is 11.9 Å². The highest BCUT2D eigenvalue weighted by molar-refractivity contribution is 7.88. The number of aryl methyl sites for hydroxylation is 1. The standard InChI is InChI=1S/C26H30N6O4S/c27-25(28)22-11-8-20(9-12-22)16-30-24(33)17-31-26(34)23(13-10-19-7-4-14-29-15-19)32-37(35,36)18-21-5-2-1-3-6-21/h1-9,11-12,14-15,23,32H,10,13,16-18H2,(H3,27,28)(H,30,33)(H,31,34). The topological polar surface area (TPSA) is 167 Å². The summed E-state index contributed by atoms with van der Waals surface area (Å²) in [4.78, 5) is 29.3. The molecule has 0 aliphatic heterocycles. The van der Waals surface area contributed by atoms with Crippen LogP contribution in [0.15, 0.2) is 79.1 Å². The number of nitrogen functional groups attached to an aromatic ring is 1. The molecule has 0 radical (unpaired) electrons. The molecular weight excluding hydrogens is 492 g/mol. The van der Waals surface area contributed by atoms with Gasteiger partial charge in [0.25, 0.3) is 0 Å². The number of rotatable bonds is 13. The van der Waals surface area contributed by atoms with Crippen LogP contribution in [0.1, 0.15) is 28.7 Å². The first-order valence-electron chi connectivity index (χ1n) is 11.6. The molecule has 10 nitrogen and oxygen atoms in total. The van der Waals surface area contributed by atoms with Crippen molar-refractivity contribution >= 4 is 27.7 Å². The predicted octanol–water partition coefficient (Wildman–Crippen LogP) is 1.22. The minimum atomic E-state index is -3.83. The van der Waals surface area contributed by atoms with E-state index < -0.39 is 27.9 Å². The quantitative estimate of drug-likeness (QED) is 0.167. The van der Waals surface area contributed by atoms with Crippen LogP contribution >= 0.6 is 0 Å². The summed E-state index contributed by atoms with van der Waals surface area (Å²) in [6, 6.07) is 18.1. The molecule has 0 bridgehead atoms. The van der Waals surface area contributed by atoms with Gasteiger partial charge in [-0.2, -0.15) is 0 Å². The third-order valence-corrected chi connectivity index (χ3v) is 6.82. The van der Waals surface area contributed by atoms with E-state index in [1.54, 1.807) is 73.1 Å². The summed E-state index contributed by atoms with van der Waals surface area (Å²) in [6.07, 6.45) is 3.90. The number of pyridine rings is 1. The lowest BCUT2D eigenvalue weighted by Crippen LogP contribution is -2.49. The Hall–Kier alpha value is -4.09. The van der Waals surface area contributed by atoms with Crippen molar-refractivity contribution in [2.45, 2.75) is 31.2 Å². The molecule has 11 heteroatoms. The smallest absolute Gasteiger partial charge is 0.239 e. The number of nitrogens with one attached hydrogen (secondary N) is 4. The first-order chi connectivity index (χ1) is 17.7. The summed E-state index contributed by atoms with van der Waals surface area (Å²) in [5.41, 5.74) is 8.27. The fourth-order valence-electron chi connectivity index (χ4n) is 3.51. The Kier molecular flexibility index (Phi) is 9.87. The molecule has 3 aromatic rings. The molecule has 0 fully saturated rings. The summed E-state index contributed by atoms with van der Waals surface area (Å²) in [5, 5.41) is 12.6. The van der Waals surface area contributed by atoms with Crippen LogP contribution in [0.3, 0.4) is 0 Å². The molecule has 0 saturated heterocycles. The molecule has 1 heterocycles. The predicted molar refractivity (Wildman–Crippen MR) is 141 cm³/mol. The molecule has 194 valence electrons. The van der Waals surface area contributed by atoms with Crippen LogP contribution in [0.4, 0.5) is 0 Å². The number of sulfonamides is 1. The Morgan fingerprint density at radius 3 is 2.27 bits per heavy atom. The van der Waals surface area contributed by atoms with Gasteiger partial charge in [-0.05, 0) is 35.6 Å². The minimum absolute atomic E-state index is 0.0456. The Balaban J connectivity index is 1.57. The fraction of sp³-hybridized carbons (Fsp3) is 0.231. The average molecular weight is 523 g/mol. The van der Waals surface area contributed by atoms with Crippen molar-refractivity contribution < 1.29 is 18.0 Å². The van der Waals surface area contributed by atoms with Gasteiger partial charge in [0.2, 0.25) is 21.8 Å². The second-order valence-electron chi connectivity index (χ2n) is 8.42. The Morgan fingerprint density at radius 1 is 0.919 bits per heavy atom. The maximum Gasteiger partial charge on any atom is 0.239 e. The molecule has 1 atom stereocenters. The van der Waals surface area contributed by atoms with E-state index in [-0.39, 0.29) is 31.1 Å². The molecule has 2 amide bonds. The van der Waals surface area contributed by atoms with E-state index >= 15 is 0 Å². The van der Waals surface area contributed by atoms with Gasteiger partial charge in [0.05, 0.1) is 12.3 Å². The molecule has 37 heavy (non-hydrogen) atoms. The molecule has 0 spiro atoms. The number of amides is 2. The zero-order valence-electron chi connectivity index (χ0n) is 20.2. The number of nitrogens with two attached hydrogens (primary N) is 1. The van der Waals surface area contributed by atoms with Gasteiger partial charge in [-0.15, -0.1) is 0 Å². The number of hydrogen-bond donors (Lipinski definition) is 5. The van der Waals surface area contributed by atoms with E-state index in [2.05, 4.69) is 20.3 Å². The minimum Gasteiger partial charge on any atom is -0.384 e. The molecule has 0 aliphatic rings. The first kappa shape index (κ1) is 27.5. The number of nitrogens with zero attached hydrogens (tertiary/aromatic N) is 1. The molecule has 1 aromatic heterocycles. The summed E-state index contributed by atoms with van der Waals surface area (Å²) >= 11 is 0. The van der Waals surface area contributed by atoms with Gasteiger partial charge in [-0.1, -0.05) is 60.7 Å². The number of aromatic nitrogens is 1. The molecule has 0 aliphatic carbocycles. The molecule has 0 saturated carbocycles. The number of hydrogen-bond acceptors (Lipinski definition) is 6. The maximum absolute atomic E-state index is 12.9. The normalized spacial score (nSPS) is 11.9. The molecular formula is C26H30N6O4S. The van der Waals surface area contributed by atoms with E-state index in [1.807, 2.05) is 6.07 Å². The zero-order chi connectivity index (χ0) is 26.7. The van der Waals surface area contributed by atoms with Gasteiger partial charge in [0, 0.05) is 24.5 Å². The van der Waals surface area contributed by atoms with E-state index in [0.29, 0.717) is 17.5 Å². The number of carbonyl (C=O) groups is 2. The van der Waals surface area contributed by atoms with Gasteiger partial charge >= 0.3 is 0 Å². The molecule has 2 aromatic carbocycles. The van der Waals surface area contributed by atoms with Gasteiger partial charge < -0.3 is 16.4 Å². The number of benzene rings is 2. The van der Waals surface area contributed by atoms with Crippen molar-refractivity contribution in [2.24, 2.45) is 5.73 Å². The third-order valence-electron chi connectivity index (χ3n) is 5.46. The van der Waals surface area contributed by atoms with Crippen LogP contribution < -0.4 is 21.1 Å². The van der Waals surface area contributed by atoms with E-state index in [1.165, 1.54) is 0 Å². The van der Waals surface area contributed by atoms with Crippen molar-refractivity contribution in [3.8, 4) is 0 Å². The van der Waals surface area contributed by atoms with E-state index in [4.69, 9.17) is 11.1 Å². The summed E-state index contributed by atoms with van der Waals surface area (Å²) < 4.78 is 28.1. The first-order valence-corrected chi connectivity index (χ1v) is 13.3. The van der Waals surface area contributed by atoms with Crippen LogP contribution in [0.2, 0.25) is 0 Å². The third kappa shape index (κ3) is 9.47. The van der Waals surface area contributed by atoms with E-state index in [0.717, 1.165) is 11.1 Å². The lowest BCUT2D eigenvalue weighted by Gasteiger charge is -2.19. The van der Waals surface area contributed by atoms with Crippen molar-refractivity contribution in [2.75, 3.05) is 6.54 Å². The van der Waals surface area contributed by atoms with Gasteiger partial charge in [-0.25, -0.2) is 13.1 Å². The van der Waals surface area contributed by atoms with Gasteiger partial charge in [0.15, 0.2) is 0 Å². The van der Waals surface area contributed by atoms with Crippen LogP contribution in [-0.2, 0) is 38.3 Å². The number of carbonyl (C=O) groups excluding carboxylic acids is 2. The monoisotopic (exact) mass is 522 g/mol. The lowest BCUT2D eigenvalue weighted by atomic mass is 10.1. The Labute approximate surface area is 216 Å². The summed E-state index contributed by atoms with van der Waals surface area (Å²) in [7, 11) is -3.83. The van der Waals surface area contributed by atoms with Crippen molar-refractivity contribution in [3.05, 3.63) is 101 Å². The lowest BCUT2D eigenvalue weighted by molar-refractivity contribution is -0.127. The summed E-state index contributed by atoms with van der Waals surface area (Å²) in [6.45, 7) is -0.0881. The fourth-order valence-corrected chi connectivity index (χ4v) is 4.88. The van der Waals surface area contributed by atoms with E-state index in [9.17, 15) is 18.0 Å². The van der Waals surface area contributed by atoms with Crippen molar-refractivity contribution in [1.29, 1.82) is 5.41 Å². The van der Waals surface area contributed by atoms with Crippen LogP contribution in [0.25, 0.3) is 0 Å². The highest BCUT2D eigenvalue weighted by Crippen LogP contribution is 2.09. The van der Waals surface area contributed by atoms with Crippen molar-refractivity contribution in [1.82, 2.24) is 20.3 Å². The van der Waals surface area contributed by atoms with Crippen LogP contribution in [0.5, 0.6) is 0 Å².